The first-order valence-electron chi connectivity index (χ1n) is 13.8. The van der Waals surface area contributed by atoms with Crippen LogP contribution in [0, 0.1) is 13.8 Å². The van der Waals surface area contributed by atoms with Crippen LogP contribution >= 0.6 is 0 Å². The van der Waals surface area contributed by atoms with Gasteiger partial charge in [0.15, 0.2) is 11.5 Å². The Morgan fingerprint density at radius 2 is 1.77 bits per heavy atom. The summed E-state index contributed by atoms with van der Waals surface area (Å²) in [6, 6.07) is 21.5. The lowest BCUT2D eigenvalue weighted by molar-refractivity contribution is -0.133. The van der Waals surface area contributed by atoms with Crippen molar-refractivity contribution in [2.45, 2.75) is 45.6 Å². The third-order valence-electron chi connectivity index (χ3n) is 7.63. The third-order valence-corrected chi connectivity index (χ3v) is 7.63. The molecule has 1 aliphatic rings. The topological polar surface area (TPSA) is 71.9 Å². The number of phenols is 1. The smallest absolute Gasteiger partial charge is 0.223 e. The van der Waals surface area contributed by atoms with E-state index in [0.717, 1.165) is 34.2 Å². The molecule has 0 saturated carbocycles. The zero-order valence-corrected chi connectivity index (χ0v) is 23.4. The number of pyridine rings is 1. The van der Waals surface area contributed by atoms with Crippen LogP contribution in [0.15, 0.2) is 79.1 Å². The number of carbonyl (C=O) groups is 1. The number of benzene rings is 3. The van der Waals surface area contributed by atoms with Gasteiger partial charge in [-0.25, -0.2) is 0 Å². The predicted molar refractivity (Wildman–Crippen MR) is 156 cm³/mol. The SMILES string of the molecule is COc1cc2c(cc1OCCc1cccc(O)c1)C(c1ccc(C)cc1C)N(C(=O)CCc1ccncc1)CC2. The van der Waals surface area contributed by atoms with Gasteiger partial charge in [-0.2, -0.15) is 0 Å². The maximum Gasteiger partial charge on any atom is 0.223 e. The minimum atomic E-state index is -0.214. The average Bonchev–Trinajstić information content (AvgIpc) is 2.96. The largest absolute Gasteiger partial charge is 0.508 e. The summed E-state index contributed by atoms with van der Waals surface area (Å²) in [4.78, 5) is 19.9. The van der Waals surface area contributed by atoms with Gasteiger partial charge in [-0.3, -0.25) is 9.78 Å². The monoisotopic (exact) mass is 536 g/mol. The number of methoxy groups -OCH3 is 1. The number of fused-ring (bicyclic) bond motifs is 1. The van der Waals surface area contributed by atoms with Crippen LogP contribution in [0.4, 0.5) is 0 Å². The number of amides is 1. The van der Waals surface area contributed by atoms with Crippen molar-refractivity contribution in [2.75, 3.05) is 20.3 Å². The molecule has 0 aliphatic carbocycles. The summed E-state index contributed by atoms with van der Waals surface area (Å²) in [5, 5.41) is 9.80. The number of carbonyl (C=O) groups excluding carboxylic acids is 1. The molecule has 2 heterocycles. The molecule has 0 bridgehead atoms. The first-order chi connectivity index (χ1) is 19.4. The van der Waals surface area contributed by atoms with E-state index in [0.29, 0.717) is 43.9 Å². The van der Waals surface area contributed by atoms with E-state index >= 15 is 0 Å². The Bertz CT molecular complexity index is 1490. The van der Waals surface area contributed by atoms with Crippen molar-refractivity contribution in [3.05, 3.63) is 118 Å². The molecule has 0 radical (unpaired) electrons. The number of aromatic nitrogens is 1. The van der Waals surface area contributed by atoms with Crippen molar-refractivity contribution >= 4 is 5.91 Å². The average molecular weight is 537 g/mol. The van der Waals surface area contributed by atoms with Gasteiger partial charge in [0.1, 0.15) is 5.75 Å². The molecule has 4 aromatic rings. The van der Waals surface area contributed by atoms with E-state index in [1.165, 1.54) is 11.1 Å². The van der Waals surface area contributed by atoms with Gasteiger partial charge in [0.25, 0.3) is 0 Å². The Labute approximate surface area is 236 Å². The molecular weight excluding hydrogens is 500 g/mol. The lowest BCUT2D eigenvalue weighted by Gasteiger charge is -2.39. The standard InChI is InChI=1S/C34H36N2O4/c1-23-7-9-29(24(2)19-23)34-30-22-32(40-18-14-26-5-4-6-28(37)20-26)31(39-3)21-27(30)13-17-36(34)33(38)10-8-25-11-15-35-16-12-25/h4-7,9,11-12,15-16,19-22,34,37H,8,10,13-14,17-18H2,1-3H3. The summed E-state index contributed by atoms with van der Waals surface area (Å²) in [5.41, 5.74) is 7.82. The number of phenolic OH excluding ortho intramolecular Hbond substituents is 1. The Morgan fingerprint density at radius 1 is 0.950 bits per heavy atom. The van der Waals surface area contributed by atoms with Crippen molar-refractivity contribution < 1.29 is 19.4 Å². The summed E-state index contributed by atoms with van der Waals surface area (Å²) in [6.07, 6.45) is 6.04. The molecule has 0 saturated heterocycles. The zero-order chi connectivity index (χ0) is 28.1. The van der Waals surface area contributed by atoms with Crippen molar-refractivity contribution in [1.29, 1.82) is 0 Å². The summed E-state index contributed by atoms with van der Waals surface area (Å²) in [5.74, 6) is 1.72. The fourth-order valence-corrected chi connectivity index (χ4v) is 5.57. The molecular formula is C34H36N2O4. The van der Waals surface area contributed by atoms with Crippen LogP contribution in [0.1, 0.15) is 51.4 Å². The molecule has 1 aliphatic heterocycles. The fourth-order valence-electron chi connectivity index (χ4n) is 5.57. The van der Waals surface area contributed by atoms with Crippen LogP contribution in [0.25, 0.3) is 0 Å². The van der Waals surface area contributed by atoms with Crippen molar-refractivity contribution in [3.8, 4) is 17.2 Å². The summed E-state index contributed by atoms with van der Waals surface area (Å²) >= 11 is 0. The highest BCUT2D eigenvalue weighted by molar-refractivity contribution is 5.78. The van der Waals surface area contributed by atoms with Crippen LogP contribution in [0.3, 0.4) is 0 Å². The predicted octanol–water partition coefficient (Wildman–Crippen LogP) is 6.14. The quantitative estimate of drug-likeness (QED) is 0.278. The van der Waals surface area contributed by atoms with Crippen LogP contribution in [-0.2, 0) is 24.1 Å². The molecule has 1 N–H and O–H groups in total. The maximum absolute atomic E-state index is 13.7. The number of hydrogen-bond acceptors (Lipinski definition) is 5. The second kappa shape index (κ2) is 12.2. The highest BCUT2D eigenvalue weighted by Gasteiger charge is 2.34. The van der Waals surface area contributed by atoms with Gasteiger partial charge in [-0.1, -0.05) is 35.9 Å². The van der Waals surface area contributed by atoms with Gasteiger partial charge in [-0.15, -0.1) is 0 Å². The van der Waals surface area contributed by atoms with Crippen LogP contribution in [0.2, 0.25) is 0 Å². The Kier molecular flexibility index (Phi) is 8.34. The van der Waals surface area contributed by atoms with Crippen molar-refractivity contribution in [1.82, 2.24) is 9.88 Å². The second-order valence-corrected chi connectivity index (χ2v) is 10.4. The van der Waals surface area contributed by atoms with Crippen LogP contribution < -0.4 is 9.47 Å². The van der Waals surface area contributed by atoms with Gasteiger partial charge in [0.05, 0.1) is 19.8 Å². The van der Waals surface area contributed by atoms with Gasteiger partial charge in [-0.05, 0) is 96.5 Å². The van der Waals surface area contributed by atoms with Gasteiger partial charge >= 0.3 is 0 Å². The molecule has 0 fully saturated rings. The van der Waals surface area contributed by atoms with Crippen LogP contribution in [0.5, 0.6) is 17.2 Å². The second-order valence-electron chi connectivity index (χ2n) is 10.4. The minimum absolute atomic E-state index is 0.134. The van der Waals surface area contributed by atoms with E-state index in [-0.39, 0.29) is 17.7 Å². The Balaban J connectivity index is 1.46. The Hall–Kier alpha value is -4.32. The number of rotatable bonds is 9. The number of nitrogens with zero attached hydrogens (tertiary/aromatic N) is 2. The lowest BCUT2D eigenvalue weighted by atomic mass is 9.85. The van der Waals surface area contributed by atoms with E-state index in [9.17, 15) is 9.90 Å². The highest BCUT2D eigenvalue weighted by atomic mass is 16.5. The molecule has 40 heavy (non-hydrogen) atoms. The van der Waals surface area contributed by atoms with E-state index in [1.807, 2.05) is 29.2 Å². The van der Waals surface area contributed by atoms with E-state index in [4.69, 9.17) is 9.47 Å². The van der Waals surface area contributed by atoms with E-state index in [1.54, 1.807) is 31.6 Å². The molecule has 1 unspecified atom stereocenters. The normalized spacial score (nSPS) is 14.5. The van der Waals surface area contributed by atoms with Gasteiger partial charge in [0.2, 0.25) is 5.91 Å². The molecule has 6 heteroatoms. The van der Waals surface area contributed by atoms with Crippen molar-refractivity contribution in [2.24, 2.45) is 0 Å². The molecule has 3 aromatic carbocycles. The lowest BCUT2D eigenvalue weighted by Crippen LogP contribution is -2.41. The highest BCUT2D eigenvalue weighted by Crippen LogP contribution is 2.42. The number of ether oxygens (including phenoxy) is 2. The first-order valence-corrected chi connectivity index (χ1v) is 13.8. The maximum atomic E-state index is 13.7. The zero-order valence-electron chi connectivity index (χ0n) is 23.4. The fraction of sp³-hybridized carbons (Fsp3) is 0.294. The number of aryl methyl sites for hydroxylation is 3. The van der Waals surface area contributed by atoms with Crippen LogP contribution in [-0.4, -0.2) is 41.2 Å². The molecule has 1 aromatic heterocycles. The summed E-state index contributed by atoms with van der Waals surface area (Å²) < 4.78 is 12.0. The molecule has 6 nitrogen and oxygen atoms in total. The molecule has 1 amide bonds. The summed E-state index contributed by atoms with van der Waals surface area (Å²) in [7, 11) is 1.66. The Morgan fingerprint density at radius 3 is 2.52 bits per heavy atom. The minimum Gasteiger partial charge on any atom is -0.508 e. The third kappa shape index (κ3) is 6.12. The molecule has 0 spiro atoms. The number of aromatic hydroxyl groups is 1. The van der Waals surface area contributed by atoms with Gasteiger partial charge < -0.3 is 19.5 Å². The van der Waals surface area contributed by atoms with Gasteiger partial charge in [0, 0.05) is 31.8 Å². The summed E-state index contributed by atoms with van der Waals surface area (Å²) in [6.45, 7) is 5.28. The van der Waals surface area contributed by atoms with E-state index < -0.39 is 0 Å². The molecule has 5 rings (SSSR count). The van der Waals surface area contributed by atoms with E-state index in [2.05, 4.69) is 49.2 Å². The molecule has 1 atom stereocenters. The first kappa shape index (κ1) is 27.3. The van der Waals surface area contributed by atoms with Crippen molar-refractivity contribution in [3.63, 3.8) is 0 Å². The number of hydrogen-bond donors (Lipinski definition) is 1. The molecule has 206 valence electrons.